The quantitative estimate of drug-likeness (QED) is 0.681. The number of benzene rings is 2. The molecule has 146 valence electrons. The second-order valence-corrected chi connectivity index (χ2v) is 6.85. The SMILES string of the molecule is O=C(CCN1C(=O)c2ccccc2N[C@@H]1c1ccccc1)NCc1ccccn1. The third-order valence-corrected chi connectivity index (χ3v) is 4.91. The number of nitrogens with one attached hydrogen (secondary N) is 2. The number of hydrogen-bond donors (Lipinski definition) is 2. The van der Waals surface area contributed by atoms with Gasteiger partial charge in [0.1, 0.15) is 6.17 Å². The van der Waals surface area contributed by atoms with Crippen molar-refractivity contribution in [2.45, 2.75) is 19.1 Å². The molecule has 0 unspecified atom stereocenters. The molecule has 1 aliphatic rings. The number of amides is 2. The highest BCUT2D eigenvalue weighted by molar-refractivity contribution is 6.01. The number of pyridine rings is 1. The third-order valence-electron chi connectivity index (χ3n) is 4.91. The Balaban J connectivity index is 1.47. The van der Waals surface area contributed by atoms with E-state index < -0.39 is 0 Å². The fourth-order valence-electron chi connectivity index (χ4n) is 3.42. The van der Waals surface area contributed by atoms with Crippen LogP contribution in [0.1, 0.15) is 34.2 Å². The molecule has 6 heteroatoms. The molecule has 4 rings (SSSR count). The molecule has 0 aliphatic carbocycles. The molecule has 0 saturated carbocycles. The van der Waals surface area contributed by atoms with Crippen LogP contribution in [0.2, 0.25) is 0 Å². The second kappa shape index (κ2) is 8.56. The highest BCUT2D eigenvalue weighted by Crippen LogP contribution is 2.32. The van der Waals surface area contributed by atoms with Crippen molar-refractivity contribution in [3.8, 4) is 0 Å². The zero-order chi connectivity index (χ0) is 20.1. The van der Waals surface area contributed by atoms with Crippen LogP contribution in [0.15, 0.2) is 79.0 Å². The third kappa shape index (κ3) is 4.27. The molecule has 0 bridgehead atoms. The van der Waals surface area contributed by atoms with Gasteiger partial charge in [0.25, 0.3) is 5.91 Å². The summed E-state index contributed by atoms with van der Waals surface area (Å²) in [5.74, 6) is -0.195. The normalized spacial score (nSPS) is 15.4. The standard InChI is InChI=1S/C23H22N4O2/c28-21(25-16-18-10-6-7-14-24-18)13-15-27-22(17-8-2-1-3-9-17)26-20-12-5-4-11-19(20)23(27)29/h1-12,14,22,26H,13,15-16H2,(H,25,28)/t22-/m0/s1. The van der Waals surface area contributed by atoms with Crippen LogP contribution in [-0.4, -0.2) is 28.2 Å². The Morgan fingerprint density at radius 1 is 1.00 bits per heavy atom. The van der Waals surface area contributed by atoms with E-state index in [-0.39, 0.29) is 24.4 Å². The molecule has 0 saturated heterocycles. The van der Waals surface area contributed by atoms with Gasteiger partial charge in [0.2, 0.25) is 5.91 Å². The van der Waals surface area contributed by atoms with Crippen LogP contribution in [0.5, 0.6) is 0 Å². The molecule has 0 fully saturated rings. The molecular weight excluding hydrogens is 364 g/mol. The minimum absolute atomic E-state index is 0.0780. The van der Waals surface area contributed by atoms with Gasteiger partial charge in [0.05, 0.1) is 17.8 Å². The van der Waals surface area contributed by atoms with Crippen LogP contribution >= 0.6 is 0 Å². The van der Waals surface area contributed by atoms with E-state index in [0.29, 0.717) is 18.7 Å². The predicted molar refractivity (Wildman–Crippen MR) is 111 cm³/mol. The first-order chi connectivity index (χ1) is 14.2. The summed E-state index contributed by atoms with van der Waals surface area (Å²) >= 11 is 0. The van der Waals surface area contributed by atoms with Gasteiger partial charge in [0, 0.05) is 24.8 Å². The van der Waals surface area contributed by atoms with Gasteiger partial charge >= 0.3 is 0 Å². The zero-order valence-electron chi connectivity index (χ0n) is 15.9. The molecule has 1 aromatic heterocycles. The van der Waals surface area contributed by atoms with Crippen molar-refractivity contribution in [2.24, 2.45) is 0 Å². The smallest absolute Gasteiger partial charge is 0.257 e. The first-order valence-corrected chi connectivity index (χ1v) is 9.60. The lowest BCUT2D eigenvalue weighted by Crippen LogP contribution is -2.44. The number of para-hydroxylation sites is 1. The summed E-state index contributed by atoms with van der Waals surface area (Å²) in [6.07, 6.45) is 1.59. The van der Waals surface area contributed by atoms with Gasteiger partial charge < -0.3 is 15.5 Å². The van der Waals surface area contributed by atoms with E-state index in [9.17, 15) is 9.59 Å². The summed E-state index contributed by atoms with van der Waals surface area (Å²) in [5.41, 5.74) is 3.20. The summed E-state index contributed by atoms with van der Waals surface area (Å²) in [4.78, 5) is 31.4. The summed E-state index contributed by atoms with van der Waals surface area (Å²) in [6, 6.07) is 22.8. The van der Waals surface area contributed by atoms with Crippen molar-refractivity contribution >= 4 is 17.5 Å². The Hall–Kier alpha value is -3.67. The minimum Gasteiger partial charge on any atom is -0.361 e. The number of carbonyl (C=O) groups is 2. The Labute approximate surface area is 169 Å². The average molecular weight is 386 g/mol. The molecule has 29 heavy (non-hydrogen) atoms. The van der Waals surface area contributed by atoms with Gasteiger partial charge in [-0.1, -0.05) is 48.5 Å². The number of fused-ring (bicyclic) bond motifs is 1. The van der Waals surface area contributed by atoms with Gasteiger partial charge in [0.15, 0.2) is 0 Å². The number of hydrogen-bond acceptors (Lipinski definition) is 4. The predicted octanol–water partition coefficient (Wildman–Crippen LogP) is 3.35. The number of anilines is 1. The maximum Gasteiger partial charge on any atom is 0.257 e. The molecule has 2 aromatic carbocycles. The van der Waals surface area contributed by atoms with Gasteiger partial charge in [-0.3, -0.25) is 14.6 Å². The van der Waals surface area contributed by atoms with Crippen molar-refractivity contribution in [1.82, 2.24) is 15.2 Å². The fraction of sp³-hybridized carbons (Fsp3) is 0.174. The maximum atomic E-state index is 13.1. The molecule has 0 spiro atoms. The van der Waals surface area contributed by atoms with Gasteiger partial charge in [-0.15, -0.1) is 0 Å². The Bertz CT molecular complexity index is 992. The number of aromatic nitrogens is 1. The lowest BCUT2D eigenvalue weighted by atomic mass is 10.0. The molecule has 1 atom stereocenters. The summed E-state index contributed by atoms with van der Waals surface area (Å²) in [5, 5.41) is 6.31. The lowest BCUT2D eigenvalue weighted by Gasteiger charge is -2.38. The molecule has 6 nitrogen and oxygen atoms in total. The molecule has 1 aliphatic heterocycles. The Morgan fingerprint density at radius 2 is 1.76 bits per heavy atom. The van der Waals surface area contributed by atoms with Crippen LogP contribution in [0.25, 0.3) is 0 Å². The van der Waals surface area contributed by atoms with Crippen molar-refractivity contribution in [1.29, 1.82) is 0 Å². The first kappa shape index (κ1) is 18.7. The van der Waals surface area contributed by atoms with Crippen LogP contribution in [0.3, 0.4) is 0 Å². The first-order valence-electron chi connectivity index (χ1n) is 9.60. The van der Waals surface area contributed by atoms with E-state index in [1.54, 1.807) is 17.2 Å². The van der Waals surface area contributed by atoms with Crippen LogP contribution in [-0.2, 0) is 11.3 Å². The summed E-state index contributed by atoms with van der Waals surface area (Å²) < 4.78 is 0. The minimum atomic E-state index is -0.317. The number of nitrogens with zero attached hydrogens (tertiary/aromatic N) is 2. The monoisotopic (exact) mass is 386 g/mol. The van der Waals surface area contributed by atoms with Crippen LogP contribution in [0.4, 0.5) is 5.69 Å². The molecule has 2 amide bonds. The molecular formula is C23H22N4O2. The van der Waals surface area contributed by atoms with E-state index in [0.717, 1.165) is 16.9 Å². The summed E-state index contributed by atoms with van der Waals surface area (Å²) in [7, 11) is 0. The van der Waals surface area contributed by atoms with Crippen molar-refractivity contribution in [3.05, 3.63) is 95.8 Å². The topological polar surface area (TPSA) is 74.3 Å². The highest BCUT2D eigenvalue weighted by Gasteiger charge is 2.32. The van der Waals surface area contributed by atoms with E-state index >= 15 is 0 Å². The zero-order valence-corrected chi connectivity index (χ0v) is 15.9. The summed E-state index contributed by atoms with van der Waals surface area (Å²) in [6.45, 7) is 0.685. The maximum absolute atomic E-state index is 13.1. The van der Waals surface area contributed by atoms with Gasteiger partial charge in [-0.25, -0.2) is 0 Å². The number of carbonyl (C=O) groups excluding carboxylic acids is 2. The van der Waals surface area contributed by atoms with Crippen LogP contribution in [0, 0.1) is 0 Å². The number of rotatable bonds is 6. The van der Waals surface area contributed by atoms with Crippen molar-refractivity contribution in [3.63, 3.8) is 0 Å². The largest absolute Gasteiger partial charge is 0.361 e. The lowest BCUT2D eigenvalue weighted by molar-refractivity contribution is -0.121. The van der Waals surface area contributed by atoms with E-state index in [1.807, 2.05) is 66.7 Å². The van der Waals surface area contributed by atoms with E-state index in [4.69, 9.17) is 0 Å². The van der Waals surface area contributed by atoms with E-state index in [1.165, 1.54) is 0 Å². The second-order valence-electron chi connectivity index (χ2n) is 6.85. The Morgan fingerprint density at radius 3 is 2.55 bits per heavy atom. The van der Waals surface area contributed by atoms with Crippen molar-refractivity contribution in [2.75, 3.05) is 11.9 Å². The van der Waals surface area contributed by atoms with Crippen molar-refractivity contribution < 1.29 is 9.59 Å². The molecule has 2 heterocycles. The molecule has 3 aromatic rings. The van der Waals surface area contributed by atoms with Gasteiger partial charge in [-0.05, 0) is 29.8 Å². The van der Waals surface area contributed by atoms with Crippen LogP contribution < -0.4 is 10.6 Å². The fourth-order valence-corrected chi connectivity index (χ4v) is 3.42. The van der Waals surface area contributed by atoms with Gasteiger partial charge in [-0.2, -0.15) is 0 Å². The average Bonchev–Trinajstić information content (AvgIpc) is 2.78. The molecule has 0 radical (unpaired) electrons. The Kier molecular flexibility index (Phi) is 5.52. The van der Waals surface area contributed by atoms with E-state index in [2.05, 4.69) is 15.6 Å². The molecule has 2 N–H and O–H groups in total. The highest BCUT2D eigenvalue weighted by atomic mass is 16.2.